The molecule has 10 nitrogen and oxygen atoms in total. The Bertz CT molecular complexity index is 848. The van der Waals surface area contributed by atoms with Crippen molar-refractivity contribution in [2.45, 2.75) is 82.6 Å². The van der Waals surface area contributed by atoms with Crippen LogP contribution in [0.3, 0.4) is 0 Å². The fourth-order valence-electron chi connectivity index (χ4n) is 3.80. The second-order valence-corrected chi connectivity index (χ2v) is 9.52. The summed E-state index contributed by atoms with van der Waals surface area (Å²) >= 11 is 1.56. The number of thiophene rings is 1. The van der Waals surface area contributed by atoms with Crippen LogP contribution in [-0.2, 0) is 20.9 Å². The maximum absolute atomic E-state index is 12.8. The largest absolute Gasteiger partial charge is 0.490 e. The average Bonchev–Trinajstić information content (AvgIpc) is 3.36. The predicted octanol–water partition coefficient (Wildman–Crippen LogP) is 3.22. The van der Waals surface area contributed by atoms with Crippen molar-refractivity contribution in [1.29, 1.82) is 0 Å². The van der Waals surface area contributed by atoms with Crippen LogP contribution in [0.15, 0.2) is 16.8 Å². The van der Waals surface area contributed by atoms with Crippen LogP contribution in [0.4, 0.5) is 18.0 Å². The highest BCUT2D eigenvalue weighted by Gasteiger charge is 2.38. The molecule has 1 aromatic rings. The summed E-state index contributed by atoms with van der Waals surface area (Å²) in [6.45, 7) is 0.885. The Hall–Kier alpha value is -2.87. The minimum absolute atomic E-state index is 0.239. The first kappa shape index (κ1) is 32.2. The number of unbranched alkanes of at least 4 members (excludes halogenated alkanes) is 1. The van der Waals surface area contributed by atoms with Crippen LogP contribution in [0.2, 0.25) is 0 Å². The van der Waals surface area contributed by atoms with Crippen LogP contribution in [0.25, 0.3) is 0 Å². The Kier molecular flexibility index (Phi) is 14.6. The molecule has 0 saturated heterocycles. The Labute approximate surface area is 217 Å². The van der Waals surface area contributed by atoms with Gasteiger partial charge >= 0.3 is 24.1 Å². The molecular weight excluding hydrogens is 517 g/mol. The summed E-state index contributed by atoms with van der Waals surface area (Å²) in [5, 5.41) is 28.5. The van der Waals surface area contributed by atoms with Gasteiger partial charge < -0.3 is 31.9 Å². The first-order valence-electron chi connectivity index (χ1n) is 12.0. The highest BCUT2D eigenvalue weighted by atomic mass is 32.1. The normalized spacial score (nSPS) is 15.5. The van der Waals surface area contributed by atoms with E-state index in [0.717, 1.165) is 31.2 Å². The van der Waals surface area contributed by atoms with Crippen LogP contribution in [-0.4, -0.2) is 58.9 Å². The van der Waals surface area contributed by atoms with Crippen LogP contribution < -0.4 is 21.7 Å². The number of alkyl halides is 3. The van der Waals surface area contributed by atoms with Gasteiger partial charge in [0.05, 0.1) is 0 Å². The zero-order valence-electron chi connectivity index (χ0n) is 20.4. The van der Waals surface area contributed by atoms with E-state index in [2.05, 4.69) is 16.0 Å². The van der Waals surface area contributed by atoms with Crippen molar-refractivity contribution in [3.8, 4) is 0 Å². The molecule has 0 unspecified atom stereocenters. The van der Waals surface area contributed by atoms with Gasteiger partial charge in [0.2, 0.25) is 5.91 Å². The van der Waals surface area contributed by atoms with Gasteiger partial charge in [-0.25, -0.2) is 14.4 Å². The lowest BCUT2D eigenvalue weighted by Crippen LogP contribution is -2.53. The van der Waals surface area contributed by atoms with E-state index in [9.17, 15) is 32.7 Å². The number of halogens is 3. The minimum Gasteiger partial charge on any atom is -0.480 e. The van der Waals surface area contributed by atoms with Crippen LogP contribution in [0, 0.1) is 5.92 Å². The molecule has 1 aromatic heterocycles. The summed E-state index contributed by atoms with van der Waals surface area (Å²) in [5.41, 5.74) is 6.47. The second kappa shape index (κ2) is 16.8. The number of nitrogens with one attached hydrogen (secondary N) is 3. The van der Waals surface area contributed by atoms with Gasteiger partial charge in [0.25, 0.3) is 0 Å². The lowest BCUT2D eigenvalue weighted by molar-refractivity contribution is -0.192. The number of carbonyl (C=O) groups excluding carboxylic acids is 2. The SMILES string of the molecule is NCCCC[C@H](NC(=O)N[C@H](CC1CCCCC1)C(=O)NCc1ccsc1)C(=O)O.O=C(O)C(F)(F)F. The molecule has 1 heterocycles. The summed E-state index contributed by atoms with van der Waals surface area (Å²) in [7, 11) is 0. The monoisotopic (exact) mass is 552 g/mol. The third kappa shape index (κ3) is 13.9. The van der Waals surface area contributed by atoms with Gasteiger partial charge in [0.1, 0.15) is 12.1 Å². The van der Waals surface area contributed by atoms with E-state index in [1.54, 1.807) is 11.3 Å². The smallest absolute Gasteiger partial charge is 0.480 e. The van der Waals surface area contributed by atoms with Crippen molar-refractivity contribution in [2.75, 3.05) is 6.54 Å². The highest BCUT2D eigenvalue weighted by Crippen LogP contribution is 2.27. The molecule has 7 N–H and O–H groups in total. The number of nitrogens with two attached hydrogens (primary N) is 1. The number of aliphatic carboxylic acids is 2. The minimum atomic E-state index is -5.08. The number of carboxylic acids is 2. The average molecular weight is 553 g/mol. The maximum Gasteiger partial charge on any atom is 0.490 e. The molecule has 0 spiro atoms. The molecule has 2 rings (SSSR count). The van der Waals surface area contributed by atoms with Crippen molar-refractivity contribution in [3.63, 3.8) is 0 Å². The molecular formula is C23H35F3N4O6S. The lowest BCUT2D eigenvalue weighted by Gasteiger charge is -2.27. The molecule has 1 aliphatic rings. The van der Waals surface area contributed by atoms with Crippen LogP contribution in [0.5, 0.6) is 0 Å². The Morgan fingerprint density at radius 3 is 2.19 bits per heavy atom. The number of rotatable bonds is 12. The van der Waals surface area contributed by atoms with Gasteiger partial charge in [-0.3, -0.25) is 4.79 Å². The van der Waals surface area contributed by atoms with E-state index < -0.39 is 36.2 Å². The maximum atomic E-state index is 12.8. The molecule has 0 aliphatic heterocycles. The molecule has 37 heavy (non-hydrogen) atoms. The van der Waals surface area contributed by atoms with Crippen molar-refractivity contribution in [2.24, 2.45) is 11.7 Å². The Morgan fingerprint density at radius 2 is 1.68 bits per heavy atom. The zero-order chi connectivity index (χ0) is 27.8. The Morgan fingerprint density at radius 1 is 1.05 bits per heavy atom. The van der Waals surface area contributed by atoms with Gasteiger partial charge in [-0.1, -0.05) is 32.1 Å². The second-order valence-electron chi connectivity index (χ2n) is 8.74. The van der Waals surface area contributed by atoms with E-state index in [-0.39, 0.29) is 5.91 Å². The molecule has 0 radical (unpaired) electrons. The van der Waals surface area contributed by atoms with E-state index in [4.69, 9.17) is 15.6 Å². The van der Waals surface area contributed by atoms with Crippen LogP contribution in [0.1, 0.15) is 63.4 Å². The standard InChI is InChI=1S/C21H34N4O4S.C2HF3O2/c22-10-5-4-8-17(20(27)28)24-21(29)25-18(12-15-6-2-1-3-7-15)19(26)23-13-16-9-11-30-14-16;3-2(4,5)1(6)7/h9,11,14-15,17-18H,1-8,10,12-13,22H2,(H,23,26)(H,27,28)(H2,24,25,29);(H,6,7)/t17-,18+;/m0./s1. The fraction of sp³-hybridized carbons (Fsp3) is 0.652. The van der Waals surface area contributed by atoms with Gasteiger partial charge in [0.15, 0.2) is 0 Å². The van der Waals surface area contributed by atoms with Gasteiger partial charge in [-0.15, -0.1) is 0 Å². The van der Waals surface area contributed by atoms with Crippen LogP contribution >= 0.6 is 11.3 Å². The lowest BCUT2D eigenvalue weighted by atomic mass is 9.84. The highest BCUT2D eigenvalue weighted by molar-refractivity contribution is 7.07. The topological polar surface area (TPSA) is 171 Å². The molecule has 0 aromatic carbocycles. The molecule has 3 amide bonds. The third-order valence-corrected chi connectivity index (χ3v) is 6.49. The Balaban J connectivity index is 0.000000856. The summed E-state index contributed by atoms with van der Waals surface area (Å²) < 4.78 is 31.7. The molecule has 14 heteroatoms. The van der Waals surface area contributed by atoms with E-state index in [1.165, 1.54) is 6.42 Å². The van der Waals surface area contributed by atoms with Crippen molar-refractivity contribution < 1.29 is 42.6 Å². The summed E-state index contributed by atoms with van der Waals surface area (Å²) in [6.07, 6.45) is 2.68. The number of hydrogen-bond donors (Lipinski definition) is 6. The molecule has 1 saturated carbocycles. The summed E-state index contributed by atoms with van der Waals surface area (Å²) in [4.78, 5) is 45.6. The predicted molar refractivity (Wildman–Crippen MR) is 131 cm³/mol. The number of urea groups is 1. The summed E-state index contributed by atoms with van der Waals surface area (Å²) in [6, 6.07) is -0.368. The first-order valence-corrected chi connectivity index (χ1v) is 13.0. The zero-order valence-corrected chi connectivity index (χ0v) is 21.2. The number of amides is 3. The van der Waals surface area contributed by atoms with E-state index in [1.807, 2.05) is 16.8 Å². The van der Waals surface area contributed by atoms with E-state index >= 15 is 0 Å². The third-order valence-electron chi connectivity index (χ3n) is 5.76. The number of carbonyl (C=O) groups is 4. The quantitative estimate of drug-likeness (QED) is 0.216. The number of hydrogen-bond acceptors (Lipinski definition) is 6. The van der Waals surface area contributed by atoms with Crippen molar-refractivity contribution in [1.82, 2.24) is 16.0 Å². The fourth-order valence-corrected chi connectivity index (χ4v) is 4.47. The van der Waals surface area contributed by atoms with Crippen molar-refractivity contribution in [3.05, 3.63) is 22.4 Å². The first-order chi connectivity index (χ1) is 17.4. The molecule has 1 fully saturated rings. The van der Waals surface area contributed by atoms with Gasteiger partial charge in [-0.2, -0.15) is 24.5 Å². The van der Waals surface area contributed by atoms with Crippen molar-refractivity contribution >= 4 is 35.2 Å². The summed E-state index contributed by atoms with van der Waals surface area (Å²) in [5.74, 6) is -3.70. The molecule has 1 aliphatic carbocycles. The van der Waals surface area contributed by atoms with Gasteiger partial charge in [0, 0.05) is 6.54 Å². The molecule has 210 valence electrons. The van der Waals surface area contributed by atoms with E-state index in [0.29, 0.717) is 44.7 Å². The molecule has 2 atom stereocenters. The van der Waals surface area contributed by atoms with Gasteiger partial charge in [-0.05, 0) is 60.5 Å². The number of carboxylic acid groups (broad SMARTS) is 2. The molecule has 0 bridgehead atoms.